The Morgan fingerprint density at radius 1 is 1.40 bits per heavy atom. The highest BCUT2D eigenvalue weighted by molar-refractivity contribution is 9.10. The van der Waals surface area contributed by atoms with Crippen LogP contribution in [0.1, 0.15) is 6.42 Å². The summed E-state index contributed by atoms with van der Waals surface area (Å²) in [5, 5.41) is 8.76. The normalized spacial score (nSPS) is 11.8. The minimum atomic E-state index is -3.69. The summed E-state index contributed by atoms with van der Waals surface area (Å²) in [5.74, 6) is 0. The van der Waals surface area contributed by atoms with Crippen LogP contribution in [-0.4, -0.2) is 39.9 Å². The molecule has 1 rings (SSSR count). The van der Waals surface area contributed by atoms with Crippen LogP contribution < -0.4 is 10.5 Å². The van der Waals surface area contributed by atoms with Gasteiger partial charge in [0.2, 0.25) is 10.0 Å². The highest BCUT2D eigenvalue weighted by Crippen LogP contribution is 2.31. The third kappa shape index (κ3) is 5.19. The van der Waals surface area contributed by atoms with Crippen molar-refractivity contribution in [3.8, 4) is 0 Å². The molecule has 0 aromatic heterocycles. The van der Waals surface area contributed by atoms with Crippen LogP contribution >= 0.6 is 27.5 Å². The van der Waals surface area contributed by atoms with Crippen LogP contribution in [0.3, 0.4) is 0 Å². The van der Waals surface area contributed by atoms with Crippen LogP contribution in [0.4, 0.5) is 5.69 Å². The first-order chi connectivity index (χ1) is 9.38. The summed E-state index contributed by atoms with van der Waals surface area (Å²) in [6.45, 7) is 0.762. The third-order valence-corrected chi connectivity index (χ3v) is 5.17. The van der Waals surface area contributed by atoms with Crippen molar-refractivity contribution < 1.29 is 18.3 Å². The Bertz CT molecular complexity index is 554. The van der Waals surface area contributed by atoms with Crippen molar-refractivity contribution in [3.05, 3.63) is 21.6 Å². The zero-order valence-electron chi connectivity index (χ0n) is 10.6. The molecule has 6 nitrogen and oxygen atoms in total. The average molecular weight is 388 g/mol. The maximum atomic E-state index is 12.1. The molecule has 0 radical (unpaired) electrons. The first-order valence-corrected chi connectivity index (χ1v) is 8.46. The van der Waals surface area contributed by atoms with Gasteiger partial charge in [-0.2, -0.15) is 0 Å². The fourth-order valence-electron chi connectivity index (χ4n) is 1.41. The van der Waals surface area contributed by atoms with Crippen LogP contribution in [0, 0.1) is 0 Å². The van der Waals surface area contributed by atoms with Gasteiger partial charge in [0, 0.05) is 23.9 Å². The highest BCUT2D eigenvalue weighted by Gasteiger charge is 2.19. The predicted molar refractivity (Wildman–Crippen MR) is 81.3 cm³/mol. The van der Waals surface area contributed by atoms with E-state index in [1.54, 1.807) is 0 Å². The molecule has 9 heteroatoms. The Kier molecular flexibility index (Phi) is 7.21. The molecule has 0 saturated carbocycles. The molecule has 0 atom stereocenters. The Labute approximate surface area is 131 Å². The van der Waals surface area contributed by atoms with Gasteiger partial charge in [-0.3, -0.25) is 0 Å². The van der Waals surface area contributed by atoms with Gasteiger partial charge in [0.25, 0.3) is 0 Å². The van der Waals surface area contributed by atoms with Crippen LogP contribution in [0.2, 0.25) is 5.02 Å². The molecule has 0 heterocycles. The number of anilines is 1. The van der Waals surface area contributed by atoms with Gasteiger partial charge in [-0.25, -0.2) is 13.1 Å². The van der Waals surface area contributed by atoms with Crippen LogP contribution in [-0.2, 0) is 14.8 Å². The molecule has 0 spiro atoms. The zero-order valence-corrected chi connectivity index (χ0v) is 13.8. The zero-order chi connectivity index (χ0) is 15.2. The molecule has 114 valence electrons. The van der Waals surface area contributed by atoms with Crippen molar-refractivity contribution in [2.45, 2.75) is 11.3 Å². The topological polar surface area (TPSA) is 102 Å². The van der Waals surface area contributed by atoms with E-state index in [4.69, 9.17) is 27.2 Å². The molecule has 0 aliphatic heterocycles. The van der Waals surface area contributed by atoms with E-state index in [0.29, 0.717) is 13.0 Å². The monoisotopic (exact) mass is 386 g/mol. The van der Waals surface area contributed by atoms with Gasteiger partial charge in [0.05, 0.1) is 22.6 Å². The molecule has 0 amide bonds. The van der Waals surface area contributed by atoms with E-state index < -0.39 is 10.0 Å². The second-order valence-electron chi connectivity index (χ2n) is 3.89. The number of halogens is 2. The predicted octanol–water partition coefficient (Wildman–Crippen LogP) is 1.36. The molecule has 0 aliphatic rings. The number of aliphatic hydroxyl groups excluding tert-OH is 1. The van der Waals surface area contributed by atoms with Crippen LogP contribution in [0.25, 0.3) is 0 Å². The van der Waals surface area contributed by atoms with Crippen molar-refractivity contribution in [1.29, 1.82) is 0 Å². The maximum Gasteiger partial charge on any atom is 0.241 e. The molecule has 0 fully saturated rings. The lowest BCUT2D eigenvalue weighted by Crippen LogP contribution is -2.26. The first-order valence-electron chi connectivity index (χ1n) is 5.81. The lowest BCUT2D eigenvalue weighted by atomic mass is 10.3. The summed E-state index contributed by atoms with van der Waals surface area (Å²) in [6, 6.07) is 2.79. The van der Waals surface area contributed by atoms with Gasteiger partial charge in [0.15, 0.2) is 0 Å². The number of benzene rings is 1. The second-order valence-corrected chi connectivity index (χ2v) is 6.86. The molecule has 0 aliphatic carbocycles. The molecular weight excluding hydrogens is 372 g/mol. The van der Waals surface area contributed by atoms with Crippen LogP contribution in [0.5, 0.6) is 0 Å². The number of nitrogen functional groups attached to an aromatic ring is 1. The summed E-state index contributed by atoms with van der Waals surface area (Å²) >= 11 is 8.95. The fourth-order valence-corrected chi connectivity index (χ4v) is 3.77. The molecule has 1 aromatic rings. The lowest BCUT2D eigenvalue weighted by molar-refractivity contribution is 0.0913. The summed E-state index contributed by atoms with van der Waals surface area (Å²) in [4.78, 5) is -0.00113. The van der Waals surface area contributed by atoms with Gasteiger partial charge in [-0.05, 0) is 34.5 Å². The Morgan fingerprint density at radius 3 is 2.75 bits per heavy atom. The van der Waals surface area contributed by atoms with Gasteiger partial charge in [-0.1, -0.05) is 11.6 Å². The Hall–Kier alpha value is -0.380. The number of rotatable bonds is 8. The van der Waals surface area contributed by atoms with Gasteiger partial charge >= 0.3 is 0 Å². The standard InChI is InChI=1S/C11H16BrClN2O4S/c12-11-9(14)6-8(13)7-10(11)20(17,18)15-2-1-4-19-5-3-16/h6-7,15-16H,1-5,14H2. The quantitative estimate of drug-likeness (QED) is 0.462. The van der Waals surface area contributed by atoms with E-state index in [1.807, 2.05) is 0 Å². The second kappa shape index (κ2) is 8.16. The van der Waals surface area contributed by atoms with E-state index in [1.165, 1.54) is 12.1 Å². The lowest BCUT2D eigenvalue weighted by Gasteiger charge is -2.10. The molecule has 0 unspecified atom stereocenters. The van der Waals surface area contributed by atoms with Crippen molar-refractivity contribution in [3.63, 3.8) is 0 Å². The third-order valence-electron chi connectivity index (χ3n) is 2.31. The smallest absolute Gasteiger partial charge is 0.241 e. The van der Waals surface area contributed by atoms with E-state index in [2.05, 4.69) is 20.7 Å². The fraction of sp³-hybridized carbons (Fsp3) is 0.455. The summed E-state index contributed by atoms with van der Waals surface area (Å²) in [5.41, 5.74) is 5.91. The Morgan fingerprint density at radius 2 is 2.10 bits per heavy atom. The average Bonchev–Trinajstić information content (AvgIpc) is 2.37. The number of hydrogen-bond donors (Lipinski definition) is 3. The number of ether oxygens (including phenoxy) is 1. The van der Waals surface area contributed by atoms with Gasteiger partial charge < -0.3 is 15.6 Å². The van der Waals surface area contributed by atoms with E-state index in [-0.39, 0.29) is 39.8 Å². The largest absolute Gasteiger partial charge is 0.398 e. The Balaban J connectivity index is 2.65. The number of nitrogens with one attached hydrogen (secondary N) is 1. The minimum Gasteiger partial charge on any atom is -0.398 e. The molecule has 4 N–H and O–H groups in total. The minimum absolute atomic E-state index is 0.00113. The van der Waals surface area contributed by atoms with E-state index in [0.717, 1.165) is 0 Å². The molecular formula is C11H16BrClN2O4S. The molecule has 20 heavy (non-hydrogen) atoms. The number of nitrogens with two attached hydrogens (primary N) is 1. The van der Waals surface area contributed by atoms with Crippen molar-refractivity contribution >= 4 is 43.2 Å². The maximum absolute atomic E-state index is 12.1. The highest BCUT2D eigenvalue weighted by atomic mass is 79.9. The number of hydrogen-bond acceptors (Lipinski definition) is 5. The number of aliphatic hydroxyl groups is 1. The number of sulfonamides is 1. The van der Waals surface area contributed by atoms with E-state index in [9.17, 15) is 8.42 Å². The van der Waals surface area contributed by atoms with Crippen molar-refractivity contribution in [1.82, 2.24) is 4.72 Å². The first kappa shape index (κ1) is 17.7. The summed E-state index contributed by atoms with van der Waals surface area (Å²) in [6.07, 6.45) is 0.493. The molecule has 0 saturated heterocycles. The van der Waals surface area contributed by atoms with E-state index >= 15 is 0 Å². The van der Waals surface area contributed by atoms with Gasteiger partial charge in [0.1, 0.15) is 0 Å². The van der Waals surface area contributed by atoms with Crippen LogP contribution in [0.15, 0.2) is 21.5 Å². The van der Waals surface area contributed by atoms with Crippen molar-refractivity contribution in [2.75, 3.05) is 32.1 Å². The summed E-state index contributed by atoms with van der Waals surface area (Å²) in [7, 11) is -3.69. The van der Waals surface area contributed by atoms with Crippen molar-refractivity contribution in [2.24, 2.45) is 0 Å². The molecule has 1 aromatic carbocycles. The van der Waals surface area contributed by atoms with Gasteiger partial charge in [-0.15, -0.1) is 0 Å². The molecule has 0 bridgehead atoms. The summed E-state index contributed by atoms with van der Waals surface area (Å²) < 4.78 is 32.0. The SMILES string of the molecule is Nc1cc(Cl)cc(S(=O)(=O)NCCCOCCO)c1Br.